The van der Waals surface area contributed by atoms with Crippen molar-refractivity contribution in [3.05, 3.63) is 63.1 Å². The molecule has 142 valence electrons. The van der Waals surface area contributed by atoms with E-state index >= 15 is 0 Å². The highest BCUT2D eigenvalue weighted by Gasteiger charge is 2.55. The third-order valence-corrected chi connectivity index (χ3v) is 5.86. The van der Waals surface area contributed by atoms with Gasteiger partial charge in [0.15, 0.2) is 11.4 Å². The maximum absolute atomic E-state index is 13.2. The fourth-order valence-electron chi connectivity index (χ4n) is 3.49. The van der Waals surface area contributed by atoms with Gasteiger partial charge in [0.25, 0.3) is 5.91 Å². The predicted molar refractivity (Wildman–Crippen MR) is 110 cm³/mol. The Morgan fingerprint density at radius 1 is 1.26 bits per heavy atom. The van der Waals surface area contributed by atoms with Crippen molar-refractivity contribution in [3.8, 4) is 0 Å². The molecule has 1 aliphatic heterocycles. The Bertz CT molecular complexity index is 883. The van der Waals surface area contributed by atoms with Crippen LogP contribution in [0, 0.1) is 5.92 Å². The van der Waals surface area contributed by atoms with E-state index in [0.29, 0.717) is 28.4 Å². The summed E-state index contributed by atoms with van der Waals surface area (Å²) in [5, 5.41) is 12.0. The summed E-state index contributed by atoms with van der Waals surface area (Å²) in [6, 6.07) is 11.8. The second-order valence-electron chi connectivity index (χ2n) is 6.83. The molecule has 0 saturated heterocycles. The first-order valence-electron chi connectivity index (χ1n) is 8.94. The van der Waals surface area contributed by atoms with Gasteiger partial charge in [0.1, 0.15) is 0 Å². The van der Waals surface area contributed by atoms with Crippen LogP contribution in [0.1, 0.15) is 42.6 Å². The third-order valence-electron chi connectivity index (χ3n) is 5.12. The summed E-state index contributed by atoms with van der Waals surface area (Å²) in [6.07, 6.45) is 1.74. The minimum Gasteiger partial charge on any atom is -0.375 e. The highest BCUT2D eigenvalue weighted by Crippen LogP contribution is 2.46. The lowest BCUT2D eigenvalue weighted by atomic mass is 9.79. The van der Waals surface area contributed by atoms with Crippen molar-refractivity contribution in [2.45, 2.75) is 32.3 Å². The number of Topliss-reactive ketones (excluding diaryl/α,β-unsaturated/α-hetero) is 1. The fraction of sp³-hybridized carbons (Fsp3) is 0.333. The van der Waals surface area contributed by atoms with Crippen molar-refractivity contribution in [2.75, 3.05) is 11.4 Å². The van der Waals surface area contributed by atoms with Crippen LogP contribution in [0.5, 0.6) is 0 Å². The number of unbranched alkanes of at least 4 members (excludes halogenated alkanes) is 1. The summed E-state index contributed by atoms with van der Waals surface area (Å²) in [7, 11) is 0. The van der Waals surface area contributed by atoms with Crippen LogP contribution in [0.15, 0.2) is 46.9 Å². The van der Waals surface area contributed by atoms with Crippen molar-refractivity contribution in [2.24, 2.45) is 5.92 Å². The van der Waals surface area contributed by atoms with E-state index in [-0.39, 0.29) is 5.78 Å². The van der Waals surface area contributed by atoms with Gasteiger partial charge in [-0.3, -0.25) is 9.59 Å². The van der Waals surface area contributed by atoms with E-state index < -0.39 is 17.4 Å². The molecule has 0 aliphatic carbocycles. The Kier molecular flexibility index (Phi) is 5.75. The van der Waals surface area contributed by atoms with Crippen molar-refractivity contribution in [1.82, 2.24) is 0 Å². The molecule has 0 fully saturated rings. The first-order chi connectivity index (χ1) is 12.8. The number of nitrogens with zero attached hydrogens (tertiary/aromatic N) is 1. The smallest absolute Gasteiger partial charge is 0.264 e. The molecule has 0 radical (unpaired) electrons. The highest BCUT2D eigenvalue weighted by molar-refractivity contribution is 9.10. The summed E-state index contributed by atoms with van der Waals surface area (Å²) in [5.41, 5.74) is -0.358. The van der Waals surface area contributed by atoms with Crippen LogP contribution >= 0.6 is 27.5 Å². The van der Waals surface area contributed by atoms with Crippen molar-refractivity contribution >= 4 is 44.9 Å². The molecule has 0 saturated carbocycles. The number of hydrogen-bond donors (Lipinski definition) is 1. The molecule has 1 amide bonds. The normalized spacial score (nSPS) is 19.9. The summed E-state index contributed by atoms with van der Waals surface area (Å²) >= 11 is 9.31. The number of carbonyl (C=O) groups excluding carboxylic acids is 2. The Balaban J connectivity index is 2.04. The van der Waals surface area contributed by atoms with Gasteiger partial charge in [-0.05, 0) is 48.9 Å². The van der Waals surface area contributed by atoms with Crippen molar-refractivity contribution in [3.63, 3.8) is 0 Å². The number of fused-ring (bicyclic) bond motifs is 1. The molecule has 1 aliphatic rings. The van der Waals surface area contributed by atoms with Gasteiger partial charge in [0.05, 0.1) is 11.6 Å². The first kappa shape index (κ1) is 20.1. The van der Waals surface area contributed by atoms with Crippen LogP contribution in [0.2, 0.25) is 5.02 Å². The van der Waals surface area contributed by atoms with Gasteiger partial charge in [0.2, 0.25) is 0 Å². The molecular weight excluding hydrogens is 430 g/mol. The molecule has 0 unspecified atom stereocenters. The molecule has 1 heterocycles. The lowest BCUT2D eigenvalue weighted by molar-refractivity contribution is -0.139. The minimum atomic E-state index is -1.90. The highest BCUT2D eigenvalue weighted by atomic mass is 79.9. The Hall–Kier alpha value is -1.69. The Morgan fingerprint density at radius 2 is 1.93 bits per heavy atom. The van der Waals surface area contributed by atoms with Crippen LogP contribution in [-0.4, -0.2) is 23.3 Å². The van der Waals surface area contributed by atoms with Gasteiger partial charge in [0, 0.05) is 27.2 Å². The number of carbonyl (C=O) groups is 2. The quantitative estimate of drug-likeness (QED) is 0.633. The summed E-state index contributed by atoms with van der Waals surface area (Å²) < 4.78 is 0.746. The average molecular weight is 451 g/mol. The average Bonchev–Trinajstić information content (AvgIpc) is 2.87. The second-order valence-corrected chi connectivity index (χ2v) is 8.18. The zero-order valence-corrected chi connectivity index (χ0v) is 17.5. The van der Waals surface area contributed by atoms with Gasteiger partial charge < -0.3 is 10.0 Å². The maximum atomic E-state index is 13.2. The number of amides is 1. The number of hydrogen-bond acceptors (Lipinski definition) is 3. The number of anilines is 1. The number of halogens is 2. The van der Waals surface area contributed by atoms with Gasteiger partial charge in [-0.25, -0.2) is 0 Å². The van der Waals surface area contributed by atoms with Crippen molar-refractivity contribution < 1.29 is 14.7 Å². The minimum absolute atomic E-state index is 0.300. The van der Waals surface area contributed by atoms with Crippen LogP contribution < -0.4 is 4.90 Å². The zero-order chi connectivity index (χ0) is 19.8. The van der Waals surface area contributed by atoms with E-state index in [1.807, 2.05) is 19.1 Å². The molecule has 0 aromatic heterocycles. The third kappa shape index (κ3) is 3.44. The number of ketones is 1. The lowest BCUT2D eigenvalue weighted by Crippen LogP contribution is -2.47. The van der Waals surface area contributed by atoms with E-state index in [4.69, 9.17) is 11.6 Å². The number of aliphatic hydroxyl groups is 1. The molecule has 6 heteroatoms. The largest absolute Gasteiger partial charge is 0.375 e. The van der Waals surface area contributed by atoms with E-state index in [1.165, 1.54) is 0 Å². The molecule has 3 rings (SSSR count). The maximum Gasteiger partial charge on any atom is 0.264 e. The molecule has 0 bridgehead atoms. The van der Waals surface area contributed by atoms with E-state index in [2.05, 4.69) is 15.9 Å². The predicted octanol–water partition coefficient (Wildman–Crippen LogP) is 4.96. The van der Waals surface area contributed by atoms with E-state index in [0.717, 1.165) is 17.3 Å². The second kappa shape index (κ2) is 7.74. The van der Waals surface area contributed by atoms with Gasteiger partial charge in [-0.1, -0.05) is 47.8 Å². The molecule has 1 N–H and O–H groups in total. The SMILES string of the molecule is CCCCN1C(=O)[C@@](O)([C@H](C)C(=O)c2ccc(Cl)cc2)c2cc(Br)ccc21. The summed E-state index contributed by atoms with van der Waals surface area (Å²) in [4.78, 5) is 27.8. The first-order valence-corrected chi connectivity index (χ1v) is 10.1. The number of benzene rings is 2. The molecule has 2 aromatic rings. The van der Waals surface area contributed by atoms with Crippen LogP contribution in [-0.2, 0) is 10.4 Å². The van der Waals surface area contributed by atoms with Gasteiger partial charge in [-0.15, -0.1) is 0 Å². The Morgan fingerprint density at radius 3 is 2.56 bits per heavy atom. The van der Waals surface area contributed by atoms with Crippen LogP contribution in [0.3, 0.4) is 0 Å². The van der Waals surface area contributed by atoms with Gasteiger partial charge in [-0.2, -0.15) is 0 Å². The summed E-state index contributed by atoms with van der Waals surface area (Å²) in [5.74, 6) is -1.68. The zero-order valence-electron chi connectivity index (χ0n) is 15.2. The molecular formula is C21H21BrClNO3. The molecule has 2 atom stereocenters. The van der Waals surface area contributed by atoms with Crippen LogP contribution in [0.4, 0.5) is 5.69 Å². The summed E-state index contributed by atoms with van der Waals surface area (Å²) in [6.45, 7) is 4.15. The van der Waals surface area contributed by atoms with E-state index in [9.17, 15) is 14.7 Å². The molecule has 4 nitrogen and oxygen atoms in total. The van der Waals surface area contributed by atoms with E-state index in [1.54, 1.807) is 42.2 Å². The standard InChI is InChI=1S/C21H21BrClNO3/c1-3-4-11-24-18-10-7-15(22)12-17(18)21(27,20(24)26)13(2)19(25)14-5-8-16(23)9-6-14/h5-10,12-13,27H,3-4,11H2,1-2H3/t13-,21-/m1/s1. The Labute approximate surface area is 172 Å². The molecule has 0 spiro atoms. The number of rotatable bonds is 6. The van der Waals surface area contributed by atoms with Gasteiger partial charge >= 0.3 is 0 Å². The topological polar surface area (TPSA) is 57.6 Å². The van der Waals surface area contributed by atoms with Crippen LogP contribution in [0.25, 0.3) is 0 Å². The van der Waals surface area contributed by atoms with Crippen molar-refractivity contribution in [1.29, 1.82) is 0 Å². The fourth-order valence-corrected chi connectivity index (χ4v) is 3.98. The lowest BCUT2D eigenvalue weighted by Gasteiger charge is -2.28. The molecule has 27 heavy (non-hydrogen) atoms. The molecule has 2 aromatic carbocycles. The monoisotopic (exact) mass is 449 g/mol.